The number of carbonyl (C=O) groups excluding carboxylic acids is 1. The van der Waals surface area contributed by atoms with Gasteiger partial charge in [0.15, 0.2) is 0 Å². The Morgan fingerprint density at radius 3 is 2.88 bits per heavy atom. The van der Waals surface area contributed by atoms with Crippen molar-refractivity contribution in [1.82, 2.24) is 14.9 Å². The minimum absolute atomic E-state index is 0.0329. The fraction of sp³-hybridized carbons (Fsp3) is 0.650. The summed E-state index contributed by atoms with van der Waals surface area (Å²) in [7, 11) is 0. The maximum atomic E-state index is 12.7. The van der Waals surface area contributed by atoms with Gasteiger partial charge in [0.05, 0.1) is 11.7 Å². The van der Waals surface area contributed by atoms with E-state index in [9.17, 15) is 9.59 Å². The molecule has 140 valence electrons. The predicted molar refractivity (Wildman–Crippen MR) is 105 cm³/mol. The summed E-state index contributed by atoms with van der Waals surface area (Å²) in [6.07, 6.45) is 7.22. The van der Waals surface area contributed by atoms with Crippen molar-refractivity contribution in [2.24, 2.45) is 17.8 Å². The number of aromatic nitrogens is 2. The molecule has 0 aliphatic heterocycles. The first kappa shape index (κ1) is 17.7. The van der Waals surface area contributed by atoms with Crippen LogP contribution in [0.25, 0.3) is 10.2 Å². The first-order valence-electron chi connectivity index (χ1n) is 9.68. The van der Waals surface area contributed by atoms with E-state index >= 15 is 0 Å². The van der Waals surface area contributed by atoms with E-state index in [1.54, 1.807) is 22.2 Å². The van der Waals surface area contributed by atoms with Crippen molar-refractivity contribution in [2.45, 2.75) is 65.5 Å². The number of nitrogens with one attached hydrogen (secondary N) is 1. The van der Waals surface area contributed by atoms with Crippen molar-refractivity contribution >= 4 is 27.5 Å². The van der Waals surface area contributed by atoms with Crippen LogP contribution in [0.4, 0.5) is 0 Å². The van der Waals surface area contributed by atoms with Crippen LogP contribution in [0.2, 0.25) is 0 Å². The Labute approximate surface area is 157 Å². The highest BCUT2D eigenvalue weighted by molar-refractivity contribution is 7.18. The highest BCUT2D eigenvalue weighted by Crippen LogP contribution is 2.49. The molecule has 1 amide bonds. The molecule has 4 rings (SSSR count). The molecule has 0 saturated heterocycles. The number of fused-ring (bicyclic) bond motifs is 3. The van der Waals surface area contributed by atoms with Gasteiger partial charge in [0, 0.05) is 23.9 Å². The van der Waals surface area contributed by atoms with Gasteiger partial charge >= 0.3 is 0 Å². The number of nitrogens with zero attached hydrogens (tertiary/aromatic N) is 2. The Kier molecular flexibility index (Phi) is 4.63. The molecule has 2 bridgehead atoms. The summed E-state index contributed by atoms with van der Waals surface area (Å²) in [5, 5.41) is 3.88. The number of rotatable bonds is 5. The zero-order valence-corrected chi connectivity index (χ0v) is 16.6. The monoisotopic (exact) mass is 373 g/mol. The third kappa shape index (κ3) is 3.08. The summed E-state index contributed by atoms with van der Waals surface area (Å²) in [4.78, 5) is 31.4. The van der Waals surface area contributed by atoms with Crippen LogP contribution >= 0.6 is 11.3 Å². The van der Waals surface area contributed by atoms with E-state index in [0.29, 0.717) is 24.3 Å². The Hall–Kier alpha value is -1.69. The minimum atomic E-state index is -0.0363. The summed E-state index contributed by atoms with van der Waals surface area (Å²) in [5.74, 6) is 2.35. The van der Waals surface area contributed by atoms with Gasteiger partial charge in [-0.3, -0.25) is 14.2 Å². The van der Waals surface area contributed by atoms with E-state index in [0.717, 1.165) is 27.1 Å². The molecule has 6 heteroatoms. The molecule has 0 spiro atoms. The van der Waals surface area contributed by atoms with Gasteiger partial charge in [0.1, 0.15) is 4.83 Å². The standard InChI is InChI=1S/C20H27N3O2S/c1-11-13(3)26-19-18(11)20(25)23(10-21-19)7-6-17(24)22-12(2)16-9-14-4-5-15(16)8-14/h10,12,14-16H,4-9H2,1-3H3,(H,22,24)/t12-,14-,15-,16+/m0/s1. The molecule has 2 heterocycles. The first-order chi connectivity index (χ1) is 12.4. The van der Waals surface area contributed by atoms with Gasteiger partial charge in [-0.1, -0.05) is 6.42 Å². The molecule has 2 aromatic rings. The molecule has 4 atom stereocenters. The normalized spacial score (nSPS) is 25.7. The van der Waals surface area contributed by atoms with E-state index in [-0.39, 0.29) is 17.5 Å². The van der Waals surface area contributed by atoms with Gasteiger partial charge in [0.25, 0.3) is 5.56 Å². The minimum Gasteiger partial charge on any atom is -0.353 e. The van der Waals surface area contributed by atoms with E-state index in [1.165, 1.54) is 25.7 Å². The van der Waals surface area contributed by atoms with Crippen LogP contribution in [-0.4, -0.2) is 21.5 Å². The fourth-order valence-electron chi connectivity index (χ4n) is 4.99. The molecule has 0 radical (unpaired) electrons. The predicted octanol–water partition coefficient (Wildman–Crippen LogP) is 3.41. The Bertz CT molecular complexity index is 900. The zero-order valence-electron chi connectivity index (χ0n) is 15.7. The second-order valence-corrected chi connectivity index (χ2v) is 9.35. The Morgan fingerprint density at radius 2 is 2.19 bits per heavy atom. The zero-order chi connectivity index (χ0) is 18.4. The number of aryl methyl sites for hydroxylation is 3. The van der Waals surface area contributed by atoms with Gasteiger partial charge in [-0.2, -0.15) is 0 Å². The second kappa shape index (κ2) is 6.80. The van der Waals surface area contributed by atoms with Crippen molar-refractivity contribution in [1.29, 1.82) is 0 Å². The summed E-state index contributed by atoms with van der Waals surface area (Å²) in [6, 6.07) is 0.233. The van der Waals surface area contributed by atoms with Crippen LogP contribution in [0.15, 0.2) is 11.1 Å². The lowest BCUT2D eigenvalue weighted by atomic mass is 9.84. The van der Waals surface area contributed by atoms with Crippen LogP contribution in [0.5, 0.6) is 0 Å². The molecule has 0 aromatic carbocycles. The summed E-state index contributed by atoms with van der Waals surface area (Å²) in [5.41, 5.74) is 0.969. The topological polar surface area (TPSA) is 64.0 Å². The van der Waals surface area contributed by atoms with E-state index in [4.69, 9.17) is 0 Å². The SMILES string of the molecule is Cc1sc2ncn(CCC(=O)N[C@@H](C)[C@H]3C[C@H]4CC[C@H]3C4)c(=O)c2c1C. The molecular weight excluding hydrogens is 346 g/mol. The van der Waals surface area contributed by atoms with Crippen LogP contribution in [-0.2, 0) is 11.3 Å². The number of hydrogen-bond acceptors (Lipinski definition) is 4. The van der Waals surface area contributed by atoms with Crippen LogP contribution in [0, 0.1) is 31.6 Å². The average molecular weight is 374 g/mol. The molecule has 2 aliphatic rings. The van der Waals surface area contributed by atoms with Gasteiger partial charge in [-0.25, -0.2) is 4.98 Å². The largest absolute Gasteiger partial charge is 0.353 e. The average Bonchev–Trinajstić information content (AvgIpc) is 3.30. The summed E-state index contributed by atoms with van der Waals surface area (Å²) in [6.45, 7) is 6.49. The van der Waals surface area contributed by atoms with Crippen molar-refractivity contribution in [3.8, 4) is 0 Å². The molecule has 0 unspecified atom stereocenters. The Morgan fingerprint density at radius 1 is 1.38 bits per heavy atom. The lowest BCUT2D eigenvalue weighted by Crippen LogP contribution is -2.40. The maximum absolute atomic E-state index is 12.7. The van der Waals surface area contributed by atoms with Crippen molar-refractivity contribution < 1.29 is 4.79 Å². The van der Waals surface area contributed by atoms with Gasteiger partial charge in [-0.05, 0) is 63.4 Å². The third-order valence-electron chi connectivity index (χ3n) is 6.56. The number of thiophene rings is 1. The van der Waals surface area contributed by atoms with E-state index in [2.05, 4.69) is 17.2 Å². The van der Waals surface area contributed by atoms with Gasteiger partial charge in [-0.15, -0.1) is 11.3 Å². The van der Waals surface area contributed by atoms with Crippen molar-refractivity contribution in [3.05, 3.63) is 27.1 Å². The van der Waals surface area contributed by atoms with E-state index < -0.39 is 0 Å². The van der Waals surface area contributed by atoms with E-state index in [1.807, 2.05) is 13.8 Å². The number of hydrogen-bond donors (Lipinski definition) is 1. The number of carbonyl (C=O) groups is 1. The molecule has 1 N–H and O–H groups in total. The molecular formula is C20H27N3O2S. The highest BCUT2D eigenvalue weighted by atomic mass is 32.1. The summed E-state index contributed by atoms with van der Waals surface area (Å²) < 4.78 is 1.57. The smallest absolute Gasteiger partial charge is 0.262 e. The fourth-order valence-corrected chi connectivity index (χ4v) is 5.98. The Balaban J connectivity index is 1.38. The van der Waals surface area contributed by atoms with Crippen molar-refractivity contribution in [2.75, 3.05) is 0 Å². The maximum Gasteiger partial charge on any atom is 0.262 e. The van der Waals surface area contributed by atoms with Gasteiger partial charge < -0.3 is 5.32 Å². The molecule has 5 nitrogen and oxygen atoms in total. The third-order valence-corrected chi connectivity index (χ3v) is 7.67. The van der Waals surface area contributed by atoms with Crippen LogP contribution < -0.4 is 10.9 Å². The van der Waals surface area contributed by atoms with Gasteiger partial charge in [0.2, 0.25) is 5.91 Å². The number of amides is 1. The summed E-state index contributed by atoms with van der Waals surface area (Å²) >= 11 is 1.55. The molecule has 2 aliphatic carbocycles. The van der Waals surface area contributed by atoms with Crippen molar-refractivity contribution in [3.63, 3.8) is 0 Å². The van der Waals surface area contributed by atoms with Crippen LogP contribution in [0.3, 0.4) is 0 Å². The van der Waals surface area contributed by atoms with Crippen LogP contribution in [0.1, 0.15) is 49.5 Å². The first-order valence-corrected chi connectivity index (χ1v) is 10.5. The molecule has 2 aromatic heterocycles. The lowest BCUT2D eigenvalue weighted by Gasteiger charge is -2.28. The second-order valence-electron chi connectivity index (χ2n) is 8.15. The quantitative estimate of drug-likeness (QED) is 0.873. The molecule has 26 heavy (non-hydrogen) atoms. The lowest BCUT2D eigenvalue weighted by molar-refractivity contribution is -0.122. The molecule has 2 fully saturated rings. The highest BCUT2D eigenvalue weighted by Gasteiger charge is 2.42. The molecule has 2 saturated carbocycles.